The maximum Gasteiger partial charge on any atom is 0.326 e. The van der Waals surface area contributed by atoms with Crippen LogP contribution in [-0.2, 0) is 9.59 Å². The van der Waals surface area contributed by atoms with E-state index in [1.165, 1.54) is 31.0 Å². The molecule has 0 aliphatic heterocycles. The summed E-state index contributed by atoms with van der Waals surface area (Å²) in [6.45, 7) is 3.02. The van der Waals surface area contributed by atoms with E-state index in [9.17, 15) is 19.5 Å². The summed E-state index contributed by atoms with van der Waals surface area (Å²) in [6.07, 6.45) is 6.29. The number of imidazole rings is 1. The number of aliphatic carboxylic acids is 1. The second kappa shape index (κ2) is 8.04. The van der Waals surface area contributed by atoms with Crippen LogP contribution in [-0.4, -0.2) is 61.5 Å². The largest absolute Gasteiger partial charge is 0.480 e. The van der Waals surface area contributed by atoms with E-state index in [4.69, 9.17) is 0 Å². The van der Waals surface area contributed by atoms with Gasteiger partial charge in [-0.2, -0.15) is 0 Å². The van der Waals surface area contributed by atoms with Gasteiger partial charge in [0.15, 0.2) is 0 Å². The van der Waals surface area contributed by atoms with Gasteiger partial charge in [-0.05, 0) is 19.1 Å². The number of aromatic nitrogens is 3. The number of nitrogens with zero attached hydrogens (tertiary/aromatic N) is 4. The molecule has 0 saturated heterocycles. The SMILES string of the molecule is CC(=O)NCCN(C(=O)c1ccnc(-n2ccnc2)c1)C(C)C(=O)O. The minimum Gasteiger partial charge on any atom is -0.480 e. The van der Waals surface area contributed by atoms with Crippen LogP contribution in [0, 0.1) is 0 Å². The molecule has 0 fully saturated rings. The molecule has 2 N–H and O–H groups in total. The monoisotopic (exact) mass is 345 g/mol. The van der Waals surface area contributed by atoms with Gasteiger partial charge in [0.1, 0.15) is 18.2 Å². The third-order valence-electron chi connectivity index (χ3n) is 3.57. The quantitative estimate of drug-likeness (QED) is 0.746. The van der Waals surface area contributed by atoms with E-state index < -0.39 is 17.9 Å². The van der Waals surface area contributed by atoms with E-state index in [1.807, 2.05) is 0 Å². The van der Waals surface area contributed by atoms with Gasteiger partial charge >= 0.3 is 5.97 Å². The molecule has 2 amide bonds. The summed E-state index contributed by atoms with van der Waals surface area (Å²) in [4.78, 5) is 44.4. The zero-order valence-corrected chi connectivity index (χ0v) is 13.9. The summed E-state index contributed by atoms with van der Waals surface area (Å²) in [5, 5.41) is 11.8. The maximum absolute atomic E-state index is 12.8. The van der Waals surface area contributed by atoms with E-state index >= 15 is 0 Å². The predicted octanol–water partition coefficient (Wildman–Crippen LogP) is 0.319. The van der Waals surface area contributed by atoms with Crippen molar-refractivity contribution in [2.24, 2.45) is 0 Å². The lowest BCUT2D eigenvalue weighted by Crippen LogP contribution is -2.46. The third kappa shape index (κ3) is 4.63. The molecule has 2 aromatic heterocycles. The van der Waals surface area contributed by atoms with Crippen LogP contribution in [0.5, 0.6) is 0 Å². The molecule has 2 aromatic rings. The van der Waals surface area contributed by atoms with Crippen molar-refractivity contribution in [1.82, 2.24) is 24.8 Å². The van der Waals surface area contributed by atoms with Crippen molar-refractivity contribution in [3.63, 3.8) is 0 Å². The minimum absolute atomic E-state index is 0.0780. The summed E-state index contributed by atoms with van der Waals surface area (Å²) in [5.74, 6) is -1.33. The highest BCUT2D eigenvalue weighted by Crippen LogP contribution is 2.12. The minimum atomic E-state index is -1.12. The van der Waals surface area contributed by atoms with Crippen LogP contribution in [0.2, 0.25) is 0 Å². The average Bonchev–Trinajstić information content (AvgIpc) is 3.12. The van der Waals surface area contributed by atoms with Crippen LogP contribution in [0.25, 0.3) is 5.82 Å². The Hall–Kier alpha value is -3.23. The smallest absolute Gasteiger partial charge is 0.326 e. The molecule has 132 valence electrons. The van der Waals surface area contributed by atoms with Crippen molar-refractivity contribution in [3.8, 4) is 5.82 Å². The van der Waals surface area contributed by atoms with Crippen molar-refractivity contribution in [2.45, 2.75) is 19.9 Å². The molecule has 1 atom stereocenters. The van der Waals surface area contributed by atoms with Crippen molar-refractivity contribution < 1.29 is 19.5 Å². The first-order valence-electron chi connectivity index (χ1n) is 7.62. The first-order chi connectivity index (χ1) is 11.9. The number of carbonyl (C=O) groups excluding carboxylic acids is 2. The summed E-state index contributed by atoms with van der Waals surface area (Å²) in [6, 6.07) is 2.04. The Kier molecular flexibility index (Phi) is 5.83. The second-order valence-electron chi connectivity index (χ2n) is 5.37. The molecule has 9 heteroatoms. The topological polar surface area (TPSA) is 117 Å². The highest BCUT2D eigenvalue weighted by Gasteiger charge is 2.26. The summed E-state index contributed by atoms with van der Waals surface area (Å²) in [7, 11) is 0. The standard InChI is InChI=1S/C16H19N5O4/c1-11(16(24)25)21(8-6-18-12(2)22)15(23)13-3-4-19-14(9-13)20-7-5-17-10-20/h3-5,7,9-11H,6,8H2,1-2H3,(H,18,22)(H,24,25). The Balaban J connectivity index is 2.24. The third-order valence-corrected chi connectivity index (χ3v) is 3.57. The molecule has 0 spiro atoms. The molecular formula is C16H19N5O4. The van der Waals surface area contributed by atoms with Gasteiger partial charge in [-0.15, -0.1) is 0 Å². The van der Waals surface area contributed by atoms with E-state index in [1.54, 1.807) is 29.4 Å². The number of carbonyl (C=O) groups is 3. The lowest BCUT2D eigenvalue weighted by Gasteiger charge is -2.26. The number of rotatable bonds is 7. The first-order valence-corrected chi connectivity index (χ1v) is 7.62. The Morgan fingerprint density at radius 3 is 2.72 bits per heavy atom. The lowest BCUT2D eigenvalue weighted by molar-refractivity contribution is -0.141. The lowest BCUT2D eigenvalue weighted by atomic mass is 10.2. The van der Waals surface area contributed by atoms with Crippen LogP contribution >= 0.6 is 0 Å². The molecular weight excluding hydrogens is 326 g/mol. The number of carboxylic acid groups (broad SMARTS) is 1. The highest BCUT2D eigenvalue weighted by atomic mass is 16.4. The van der Waals surface area contributed by atoms with Crippen LogP contribution in [0.15, 0.2) is 37.1 Å². The molecule has 0 bridgehead atoms. The Morgan fingerprint density at radius 1 is 1.36 bits per heavy atom. The van der Waals surface area contributed by atoms with Gasteiger partial charge in [-0.3, -0.25) is 14.2 Å². The Labute approximate surface area is 144 Å². The van der Waals surface area contributed by atoms with Gasteiger partial charge in [0.05, 0.1) is 0 Å². The molecule has 2 rings (SSSR count). The number of carboxylic acids is 1. The molecule has 0 radical (unpaired) electrons. The van der Waals surface area contributed by atoms with Crippen LogP contribution in [0.3, 0.4) is 0 Å². The molecule has 9 nitrogen and oxygen atoms in total. The van der Waals surface area contributed by atoms with Gasteiger partial charge in [0, 0.05) is 44.2 Å². The van der Waals surface area contributed by atoms with Crippen LogP contribution in [0.4, 0.5) is 0 Å². The Bertz CT molecular complexity index is 760. The molecule has 2 heterocycles. The normalized spacial score (nSPS) is 11.6. The number of hydrogen-bond acceptors (Lipinski definition) is 5. The van der Waals surface area contributed by atoms with E-state index in [2.05, 4.69) is 15.3 Å². The Morgan fingerprint density at radius 2 is 2.12 bits per heavy atom. The van der Waals surface area contributed by atoms with Gasteiger partial charge in [0.25, 0.3) is 5.91 Å². The van der Waals surface area contributed by atoms with Crippen molar-refractivity contribution in [3.05, 3.63) is 42.6 Å². The zero-order valence-electron chi connectivity index (χ0n) is 13.9. The fourth-order valence-electron chi connectivity index (χ4n) is 2.21. The zero-order chi connectivity index (χ0) is 18.4. The fourth-order valence-corrected chi connectivity index (χ4v) is 2.21. The summed E-state index contributed by atoms with van der Waals surface area (Å²) >= 11 is 0. The number of hydrogen-bond donors (Lipinski definition) is 2. The first kappa shape index (κ1) is 18.1. The second-order valence-corrected chi connectivity index (χ2v) is 5.37. The van der Waals surface area contributed by atoms with Gasteiger partial charge < -0.3 is 15.3 Å². The van der Waals surface area contributed by atoms with E-state index in [0.717, 1.165) is 0 Å². The number of amides is 2. The van der Waals surface area contributed by atoms with Crippen molar-refractivity contribution >= 4 is 17.8 Å². The van der Waals surface area contributed by atoms with E-state index in [-0.39, 0.29) is 19.0 Å². The average molecular weight is 345 g/mol. The fraction of sp³-hybridized carbons (Fsp3) is 0.312. The molecule has 0 aromatic carbocycles. The molecule has 0 saturated carbocycles. The molecule has 0 aliphatic rings. The summed E-state index contributed by atoms with van der Waals surface area (Å²) < 4.78 is 1.64. The van der Waals surface area contributed by atoms with Gasteiger partial charge in [-0.25, -0.2) is 14.8 Å². The van der Waals surface area contributed by atoms with E-state index in [0.29, 0.717) is 11.4 Å². The highest BCUT2D eigenvalue weighted by molar-refractivity contribution is 5.96. The number of nitrogens with one attached hydrogen (secondary N) is 1. The molecule has 1 unspecified atom stereocenters. The number of pyridine rings is 1. The van der Waals surface area contributed by atoms with Gasteiger partial charge in [-0.1, -0.05) is 0 Å². The predicted molar refractivity (Wildman–Crippen MR) is 88.2 cm³/mol. The molecule has 25 heavy (non-hydrogen) atoms. The summed E-state index contributed by atoms with van der Waals surface area (Å²) in [5.41, 5.74) is 0.301. The van der Waals surface area contributed by atoms with Crippen LogP contribution < -0.4 is 5.32 Å². The van der Waals surface area contributed by atoms with Crippen LogP contribution in [0.1, 0.15) is 24.2 Å². The maximum atomic E-state index is 12.8. The van der Waals surface area contributed by atoms with Crippen molar-refractivity contribution in [2.75, 3.05) is 13.1 Å². The van der Waals surface area contributed by atoms with Gasteiger partial charge in [0.2, 0.25) is 5.91 Å². The molecule has 0 aliphatic carbocycles. The van der Waals surface area contributed by atoms with Crippen molar-refractivity contribution in [1.29, 1.82) is 0 Å².